The SMILES string of the molecule is CCCCCNC(=NC)NC1CCN(Cc2cc(OC)cc(OC)c2)C1. The number of nitrogens with zero attached hydrogens (tertiary/aromatic N) is 2. The zero-order valence-corrected chi connectivity index (χ0v) is 16.7. The Kier molecular flexibility index (Phi) is 8.54. The summed E-state index contributed by atoms with van der Waals surface area (Å²) < 4.78 is 10.7. The van der Waals surface area contributed by atoms with Crippen molar-refractivity contribution in [2.75, 3.05) is 40.9 Å². The molecule has 0 aromatic heterocycles. The quantitative estimate of drug-likeness (QED) is 0.402. The highest BCUT2D eigenvalue weighted by molar-refractivity contribution is 5.79. The molecule has 1 aliphatic rings. The van der Waals surface area contributed by atoms with E-state index in [1.807, 2.05) is 13.1 Å². The zero-order valence-electron chi connectivity index (χ0n) is 16.7. The molecule has 1 aromatic carbocycles. The molecule has 146 valence electrons. The van der Waals surface area contributed by atoms with E-state index in [9.17, 15) is 0 Å². The topological polar surface area (TPSA) is 58.1 Å². The second-order valence-corrected chi connectivity index (χ2v) is 6.79. The van der Waals surface area contributed by atoms with E-state index in [-0.39, 0.29) is 0 Å². The van der Waals surface area contributed by atoms with Crippen LogP contribution in [0.2, 0.25) is 0 Å². The van der Waals surface area contributed by atoms with Gasteiger partial charge >= 0.3 is 0 Å². The van der Waals surface area contributed by atoms with Crippen LogP contribution in [0.25, 0.3) is 0 Å². The van der Waals surface area contributed by atoms with Crippen molar-refractivity contribution in [1.82, 2.24) is 15.5 Å². The van der Waals surface area contributed by atoms with E-state index < -0.39 is 0 Å². The molecule has 6 heteroatoms. The van der Waals surface area contributed by atoms with Gasteiger partial charge in [0.25, 0.3) is 0 Å². The van der Waals surface area contributed by atoms with Gasteiger partial charge in [0.1, 0.15) is 11.5 Å². The second-order valence-electron chi connectivity index (χ2n) is 6.79. The summed E-state index contributed by atoms with van der Waals surface area (Å²) in [5, 5.41) is 6.96. The van der Waals surface area contributed by atoms with Crippen LogP contribution in [0.15, 0.2) is 23.2 Å². The molecule has 1 saturated heterocycles. The second kappa shape index (κ2) is 10.9. The normalized spacial score (nSPS) is 18.0. The first kappa shape index (κ1) is 20.4. The molecule has 0 spiro atoms. The van der Waals surface area contributed by atoms with Gasteiger partial charge in [-0.2, -0.15) is 0 Å². The molecule has 0 radical (unpaired) electrons. The largest absolute Gasteiger partial charge is 0.497 e. The fraction of sp³-hybridized carbons (Fsp3) is 0.650. The molecule has 2 rings (SSSR count). The predicted octanol–water partition coefficient (Wildman–Crippen LogP) is 2.63. The van der Waals surface area contributed by atoms with Gasteiger partial charge in [-0.05, 0) is 30.5 Å². The van der Waals surface area contributed by atoms with Crippen molar-refractivity contribution >= 4 is 5.96 Å². The summed E-state index contributed by atoms with van der Waals surface area (Å²) in [6.07, 6.45) is 4.80. The minimum Gasteiger partial charge on any atom is -0.497 e. The van der Waals surface area contributed by atoms with Gasteiger partial charge in [0.15, 0.2) is 5.96 Å². The maximum atomic E-state index is 5.37. The smallest absolute Gasteiger partial charge is 0.191 e. The van der Waals surface area contributed by atoms with Gasteiger partial charge in [-0.15, -0.1) is 0 Å². The van der Waals surface area contributed by atoms with Crippen LogP contribution in [-0.2, 0) is 6.54 Å². The summed E-state index contributed by atoms with van der Waals surface area (Å²) in [4.78, 5) is 6.80. The predicted molar refractivity (Wildman–Crippen MR) is 107 cm³/mol. The number of unbranched alkanes of at least 4 members (excludes halogenated alkanes) is 2. The van der Waals surface area contributed by atoms with Crippen molar-refractivity contribution in [2.45, 2.75) is 45.2 Å². The summed E-state index contributed by atoms with van der Waals surface area (Å²) in [5.41, 5.74) is 1.21. The molecule has 1 aromatic rings. The van der Waals surface area contributed by atoms with Gasteiger partial charge in [-0.3, -0.25) is 9.89 Å². The monoisotopic (exact) mass is 362 g/mol. The van der Waals surface area contributed by atoms with Gasteiger partial charge in [0.2, 0.25) is 0 Å². The zero-order chi connectivity index (χ0) is 18.8. The summed E-state index contributed by atoms with van der Waals surface area (Å²) >= 11 is 0. The molecule has 1 unspecified atom stereocenters. The lowest BCUT2D eigenvalue weighted by Gasteiger charge is -2.19. The number of hydrogen-bond acceptors (Lipinski definition) is 4. The Balaban J connectivity index is 1.82. The number of nitrogens with one attached hydrogen (secondary N) is 2. The molecule has 0 amide bonds. The van der Waals surface area contributed by atoms with Crippen molar-refractivity contribution in [3.63, 3.8) is 0 Å². The number of ether oxygens (including phenoxy) is 2. The first-order chi connectivity index (χ1) is 12.7. The van der Waals surface area contributed by atoms with E-state index >= 15 is 0 Å². The number of methoxy groups -OCH3 is 2. The Morgan fingerprint density at radius 3 is 2.54 bits per heavy atom. The average Bonchev–Trinajstić information content (AvgIpc) is 3.10. The third-order valence-electron chi connectivity index (χ3n) is 4.73. The Morgan fingerprint density at radius 2 is 1.92 bits per heavy atom. The van der Waals surface area contributed by atoms with Crippen molar-refractivity contribution < 1.29 is 9.47 Å². The highest BCUT2D eigenvalue weighted by Crippen LogP contribution is 2.24. The van der Waals surface area contributed by atoms with E-state index in [4.69, 9.17) is 9.47 Å². The molecule has 0 saturated carbocycles. The van der Waals surface area contributed by atoms with Gasteiger partial charge in [0.05, 0.1) is 14.2 Å². The van der Waals surface area contributed by atoms with Crippen LogP contribution in [0.3, 0.4) is 0 Å². The Morgan fingerprint density at radius 1 is 1.19 bits per heavy atom. The van der Waals surface area contributed by atoms with E-state index in [0.29, 0.717) is 6.04 Å². The van der Waals surface area contributed by atoms with E-state index in [0.717, 1.165) is 50.1 Å². The molecule has 1 heterocycles. The van der Waals surface area contributed by atoms with Crippen LogP contribution in [0.1, 0.15) is 38.2 Å². The van der Waals surface area contributed by atoms with Crippen molar-refractivity contribution in [3.05, 3.63) is 23.8 Å². The van der Waals surface area contributed by atoms with Crippen LogP contribution < -0.4 is 20.1 Å². The number of hydrogen-bond donors (Lipinski definition) is 2. The molecule has 0 aliphatic carbocycles. The van der Waals surface area contributed by atoms with Gasteiger partial charge in [-0.1, -0.05) is 19.8 Å². The Bertz CT molecular complexity index is 555. The number of rotatable bonds is 9. The van der Waals surface area contributed by atoms with Gasteiger partial charge in [0, 0.05) is 45.3 Å². The molecule has 1 aliphatic heterocycles. The number of guanidine groups is 1. The molecule has 0 bridgehead atoms. The van der Waals surface area contributed by atoms with Gasteiger partial charge in [-0.25, -0.2) is 0 Å². The standard InChI is InChI=1S/C20H34N4O2/c1-5-6-7-9-22-20(21-2)23-17-8-10-24(15-17)14-16-11-18(25-3)13-19(12-16)26-4/h11-13,17H,5-10,14-15H2,1-4H3,(H2,21,22,23). The lowest BCUT2D eigenvalue weighted by atomic mass is 10.2. The third kappa shape index (κ3) is 6.41. The molecule has 1 atom stereocenters. The first-order valence-corrected chi connectivity index (χ1v) is 9.60. The maximum absolute atomic E-state index is 5.37. The summed E-state index contributed by atoms with van der Waals surface area (Å²) in [5.74, 6) is 2.59. The highest BCUT2D eigenvalue weighted by Gasteiger charge is 2.23. The van der Waals surface area contributed by atoms with E-state index in [1.165, 1.54) is 24.8 Å². The Labute approximate surface area is 158 Å². The molecular weight excluding hydrogens is 328 g/mol. The summed E-state index contributed by atoms with van der Waals surface area (Å²) in [6.45, 7) is 6.18. The molecule has 2 N–H and O–H groups in total. The fourth-order valence-electron chi connectivity index (χ4n) is 3.28. The molecule has 6 nitrogen and oxygen atoms in total. The first-order valence-electron chi connectivity index (χ1n) is 9.60. The number of aliphatic imine (C=N–C) groups is 1. The van der Waals surface area contributed by atoms with Crippen LogP contribution in [-0.4, -0.2) is 57.8 Å². The highest BCUT2D eigenvalue weighted by atomic mass is 16.5. The average molecular weight is 363 g/mol. The van der Waals surface area contributed by atoms with Crippen LogP contribution in [0.5, 0.6) is 11.5 Å². The lowest BCUT2D eigenvalue weighted by molar-refractivity contribution is 0.321. The van der Waals surface area contributed by atoms with Gasteiger partial charge < -0.3 is 20.1 Å². The van der Waals surface area contributed by atoms with Crippen LogP contribution >= 0.6 is 0 Å². The van der Waals surface area contributed by atoms with Crippen LogP contribution in [0, 0.1) is 0 Å². The summed E-state index contributed by atoms with van der Waals surface area (Å²) in [7, 11) is 5.21. The van der Waals surface area contributed by atoms with Crippen LogP contribution in [0.4, 0.5) is 0 Å². The van der Waals surface area contributed by atoms with Crippen molar-refractivity contribution in [1.29, 1.82) is 0 Å². The lowest BCUT2D eigenvalue weighted by Crippen LogP contribution is -2.44. The Hall–Kier alpha value is -1.95. The minimum atomic E-state index is 0.430. The fourth-order valence-corrected chi connectivity index (χ4v) is 3.28. The van der Waals surface area contributed by atoms with E-state index in [2.05, 4.69) is 39.6 Å². The maximum Gasteiger partial charge on any atom is 0.191 e. The van der Waals surface area contributed by atoms with Crippen molar-refractivity contribution in [2.24, 2.45) is 4.99 Å². The minimum absolute atomic E-state index is 0.430. The van der Waals surface area contributed by atoms with Crippen molar-refractivity contribution in [3.8, 4) is 11.5 Å². The molecule has 26 heavy (non-hydrogen) atoms. The summed E-state index contributed by atoms with van der Waals surface area (Å²) in [6, 6.07) is 6.50. The molecular formula is C20H34N4O2. The number of benzene rings is 1. The number of likely N-dealkylation sites (tertiary alicyclic amines) is 1. The third-order valence-corrected chi connectivity index (χ3v) is 4.73. The molecule has 1 fully saturated rings. The van der Waals surface area contributed by atoms with E-state index in [1.54, 1.807) is 14.2 Å².